The summed E-state index contributed by atoms with van der Waals surface area (Å²) in [6.45, 7) is 2.67. The molecule has 0 saturated carbocycles. The van der Waals surface area contributed by atoms with Crippen LogP contribution in [-0.4, -0.2) is 42.3 Å². The number of nitrogens with zero attached hydrogens (tertiary/aromatic N) is 2. The summed E-state index contributed by atoms with van der Waals surface area (Å²) in [5.74, 6) is 0. The van der Waals surface area contributed by atoms with Crippen LogP contribution in [0.5, 0.6) is 0 Å². The van der Waals surface area contributed by atoms with E-state index >= 15 is 0 Å². The van der Waals surface area contributed by atoms with Crippen LogP contribution in [0.1, 0.15) is 12.8 Å². The topological polar surface area (TPSA) is 78.6 Å². The van der Waals surface area contributed by atoms with Crippen molar-refractivity contribution in [3.05, 3.63) is 34.4 Å². The molecular weight excluding hydrogens is 246 g/mol. The molecule has 2 N–H and O–H groups in total. The zero-order valence-electron chi connectivity index (χ0n) is 10.8. The van der Waals surface area contributed by atoms with Crippen LogP contribution in [-0.2, 0) is 0 Å². The second-order valence-corrected chi connectivity index (χ2v) is 4.71. The summed E-state index contributed by atoms with van der Waals surface area (Å²) in [7, 11) is 0. The maximum atomic E-state index is 10.6. The summed E-state index contributed by atoms with van der Waals surface area (Å²) in [6.07, 6.45) is 2.05. The highest BCUT2D eigenvalue weighted by molar-refractivity contribution is 5.51. The number of aliphatic hydroxyl groups excluding tert-OH is 1. The zero-order valence-corrected chi connectivity index (χ0v) is 10.8. The van der Waals surface area contributed by atoms with Gasteiger partial charge in [-0.25, -0.2) is 0 Å². The number of nitro groups is 1. The molecule has 0 spiro atoms. The Morgan fingerprint density at radius 3 is 2.47 bits per heavy atom. The van der Waals surface area contributed by atoms with Gasteiger partial charge in [0.2, 0.25) is 0 Å². The van der Waals surface area contributed by atoms with Crippen molar-refractivity contribution in [2.75, 3.05) is 31.1 Å². The molecule has 0 unspecified atom stereocenters. The summed E-state index contributed by atoms with van der Waals surface area (Å²) in [6, 6.07) is 7.16. The average molecular weight is 265 g/mol. The lowest BCUT2D eigenvalue weighted by atomic mass is 10.0. The predicted molar refractivity (Wildman–Crippen MR) is 73.4 cm³/mol. The fourth-order valence-corrected chi connectivity index (χ4v) is 2.40. The highest BCUT2D eigenvalue weighted by Crippen LogP contribution is 2.22. The number of non-ortho nitro benzene ring substituents is 1. The first kappa shape index (κ1) is 13.8. The van der Waals surface area contributed by atoms with Gasteiger partial charge in [0.25, 0.3) is 5.69 Å². The lowest BCUT2D eigenvalue weighted by Gasteiger charge is -2.34. The van der Waals surface area contributed by atoms with Gasteiger partial charge in [0.1, 0.15) is 0 Å². The van der Waals surface area contributed by atoms with E-state index in [1.165, 1.54) is 0 Å². The van der Waals surface area contributed by atoms with Crippen LogP contribution < -0.4 is 10.2 Å². The largest absolute Gasteiger partial charge is 0.395 e. The first-order valence-electron chi connectivity index (χ1n) is 6.54. The molecule has 2 rings (SSSR count). The molecule has 104 valence electrons. The summed E-state index contributed by atoms with van der Waals surface area (Å²) in [5, 5.41) is 22.7. The maximum Gasteiger partial charge on any atom is 0.269 e. The van der Waals surface area contributed by atoms with Crippen molar-refractivity contribution in [2.45, 2.75) is 18.9 Å². The van der Waals surface area contributed by atoms with Gasteiger partial charge in [-0.1, -0.05) is 0 Å². The predicted octanol–water partition coefficient (Wildman–Crippen LogP) is 1.15. The maximum absolute atomic E-state index is 10.6. The lowest BCUT2D eigenvalue weighted by molar-refractivity contribution is -0.384. The van der Waals surface area contributed by atoms with E-state index in [9.17, 15) is 10.1 Å². The van der Waals surface area contributed by atoms with Crippen LogP contribution >= 0.6 is 0 Å². The Hall–Kier alpha value is -1.66. The summed E-state index contributed by atoms with van der Waals surface area (Å²) in [5.41, 5.74) is 1.16. The van der Waals surface area contributed by atoms with E-state index in [-0.39, 0.29) is 17.2 Å². The Morgan fingerprint density at radius 1 is 1.32 bits per heavy atom. The summed E-state index contributed by atoms with van der Waals surface area (Å²) < 4.78 is 0. The third-order valence-corrected chi connectivity index (χ3v) is 3.47. The fraction of sp³-hybridized carbons (Fsp3) is 0.538. The Labute approximate surface area is 112 Å². The van der Waals surface area contributed by atoms with Gasteiger partial charge in [0, 0.05) is 43.5 Å². The number of aliphatic hydroxyl groups is 1. The number of rotatable bonds is 5. The van der Waals surface area contributed by atoms with Crippen molar-refractivity contribution in [2.24, 2.45) is 0 Å². The minimum atomic E-state index is -0.380. The SMILES string of the molecule is O=[N+]([O-])c1ccc(N2CCC(NCCO)CC2)cc1. The van der Waals surface area contributed by atoms with Gasteiger partial charge >= 0.3 is 0 Å². The van der Waals surface area contributed by atoms with Gasteiger partial charge in [-0.15, -0.1) is 0 Å². The van der Waals surface area contributed by atoms with Crippen LogP contribution in [0.3, 0.4) is 0 Å². The minimum absolute atomic E-state index is 0.128. The van der Waals surface area contributed by atoms with Crippen molar-refractivity contribution in [1.29, 1.82) is 0 Å². The molecule has 19 heavy (non-hydrogen) atoms. The average Bonchev–Trinajstić information content (AvgIpc) is 2.46. The molecule has 0 bridgehead atoms. The molecule has 0 radical (unpaired) electrons. The Balaban J connectivity index is 1.88. The van der Waals surface area contributed by atoms with Gasteiger partial charge in [0.15, 0.2) is 0 Å². The van der Waals surface area contributed by atoms with Crippen molar-refractivity contribution >= 4 is 11.4 Å². The van der Waals surface area contributed by atoms with Crippen LogP contribution in [0.2, 0.25) is 0 Å². The van der Waals surface area contributed by atoms with Gasteiger partial charge in [-0.3, -0.25) is 10.1 Å². The molecule has 0 aliphatic carbocycles. The van der Waals surface area contributed by atoms with Crippen LogP contribution in [0.25, 0.3) is 0 Å². The number of piperidine rings is 1. The zero-order chi connectivity index (χ0) is 13.7. The third kappa shape index (κ3) is 3.65. The van der Waals surface area contributed by atoms with Gasteiger partial charge in [0.05, 0.1) is 11.5 Å². The van der Waals surface area contributed by atoms with Gasteiger partial charge in [-0.05, 0) is 25.0 Å². The van der Waals surface area contributed by atoms with E-state index in [0.29, 0.717) is 12.6 Å². The van der Waals surface area contributed by atoms with Crippen molar-refractivity contribution in [1.82, 2.24) is 5.32 Å². The number of nitrogens with one attached hydrogen (secondary N) is 1. The minimum Gasteiger partial charge on any atom is -0.395 e. The number of hydrogen-bond donors (Lipinski definition) is 2. The highest BCUT2D eigenvalue weighted by Gasteiger charge is 2.19. The second-order valence-electron chi connectivity index (χ2n) is 4.71. The van der Waals surface area contributed by atoms with Gasteiger partial charge in [-0.2, -0.15) is 0 Å². The molecule has 1 fully saturated rings. The molecule has 0 atom stereocenters. The summed E-state index contributed by atoms with van der Waals surface area (Å²) in [4.78, 5) is 12.5. The third-order valence-electron chi connectivity index (χ3n) is 3.47. The molecule has 1 aromatic rings. The van der Waals surface area contributed by atoms with Crippen molar-refractivity contribution < 1.29 is 10.0 Å². The van der Waals surface area contributed by atoms with E-state index in [2.05, 4.69) is 10.2 Å². The van der Waals surface area contributed by atoms with E-state index in [0.717, 1.165) is 31.6 Å². The standard InChI is InChI=1S/C13H19N3O3/c17-10-7-14-11-5-8-15(9-6-11)12-1-3-13(4-2-12)16(18)19/h1-4,11,14,17H,5-10H2. The van der Waals surface area contributed by atoms with Crippen LogP contribution in [0, 0.1) is 10.1 Å². The van der Waals surface area contributed by atoms with E-state index in [4.69, 9.17) is 5.11 Å². The lowest BCUT2D eigenvalue weighted by Crippen LogP contribution is -2.43. The molecular formula is C13H19N3O3. The fourth-order valence-electron chi connectivity index (χ4n) is 2.40. The van der Waals surface area contributed by atoms with Crippen LogP contribution in [0.15, 0.2) is 24.3 Å². The molecule has 0 amide bonds. The Bertz CT molecular complexity index is 414. The van der Waals surface area contributed by atoms with E-state index in [1.54, 1.807) is 24.3 Å². The molecule has 6 heteroatoms. The number of anilines is 1. The molecule has 0 aromatic heterocycles. The van der Waals surface area contributed by atoms with Crippen LogP contribution in [0.4, 0.5) is 11.4 Å². The quantitative estimate of drug-likeness (QED) is 0.616. The molecule has 6 nitrogen and oxygen atoms in total. The first-order valence-corrected chi connectivity index (χ1v) is 6.54. The van der Waals surface area contributed by atoms with Crippen molar-refractivity contribution in [3.8, 4) is 0 Å². The Kier molecular flexibility index (Phi) is 4.70. The second kappa shape index (κ2) is 6.49. The first-order chi connectivity index (χ1) is 9.20. The number of nitro benzene ring substituents is 1. The van der Waals surface area contributed by atoms with E-state index < -0.39 is 0 Å². The van der Waals surface area contributed by atoms with Crippen molar-refractivity contribution in [3.63, 3.8) is 0 Å². The number of hydrogen-bond acceptors (Lipinski definition) is 5. The molecule has 1 aliphatic rings. The highest BCUT2D eigenvalue weighted by atomic mass is 16.6. The monoisotopic (exact) mass is 265 g/mol. The number of benzene rings is 1. The Morgan fingerprint density at radius 2 is 1.95 bits per heavy atom. The molecule has 1 saturated heterocycles. The summed E-state index contributed by atoms with van der Waals surface area (Å²) >= 11 is 0. The smallest absolute Gasteiger partial charge is 0.269 e. The molecule has 1 aliphatic heterocycles. The van der Waals surface area contributed by atoms with E-state index in [1.807, 2.05) is 0 Å². The molecule has 1 aromatic carbocycles. The van der Waals surface area contributed by atoms with Gasteiger partial charge < -0.3 is 15.3 Å². The molecule has 1 heterocycles. The normalized spacial score (nSPS) is 16.6.